The molecule has 1 fully saturated rings. The number of pyridine rings is 1. The second-order valence-electron chi connectivity index (χ2n) is 4.75. The minimum Gasteiger partial charge on any atom is -0.394 e. The molecule has 1 aliphatic rings. The molecule has 19 heavy (non-hydrogen) atoms. The summed E-state index contributed by atoms with van der Waals surface area (Å²) in [7, 11) is 0. The van der Waals surface area contributed by atoms with Crippen molar-refractivity contribution in [2.24, 2.45) is 0 Å². The first-order valence-electron chi connectivity index (χ1n) is 6.18. The summed E-state index contributed by atoms with van der Waals surface area (Å²) in [5.41, 5.74) is 1.16. The number of carbonyl (C=O) groups is 1. The maximum atomic E-state index is 12.5. The summed E-state index contributed by atoms with van der Waals surface area (Å²) in [6.07, 6.45) is 1.16. The largest absolute Gasteiger partial charge is 0.394 e. The smallest absolute Gasteiger partial charge is 0.257 e. The van der Waals surface area contributed by atoms with E-state index in [1.54, 1.807) is 11.0 Å². The molecule has 0 aliphatic carbocycles. The minimum atomic E-state index is -0.336. The van der Waals surface area contributed by atoms with Crippen molar-refractivity contribution < 1.29 is 14.6 Å². The first-order chi connectivity index (χ1) is 9.02. The molecule has 1 aliphatic heterocycles. The van der Waals surface area contributed by atoms with Gasteiger partial charge >= 0.3 is 0 Å². The maximum absolute atomic E-state index is 12.5. The number of aliphatic hydroxyl groups is 1. The Morgan fingerprint density at radius 1 is 1.68 bits per heavy atom. The molecule has 104 valence electrons. The first kappa shape index (κ1) is 14.2. The SMILES string of the molecule is Cc1cc(Cl)c(C(=O)N2CC(CO)OCC2C)cn1. The standard InChI is InChI=1S/C13H17ClN2O3/c1-8-3-12(14)11(4-15-8)13(18)16-5-10(6-17)19-7-9(16)2/h3-4,9-10,17H,5-7H2,1-2H3. The number of ether oxygens (including phenoxy) is 1. The highest BCUT2D eigenvalue weighted by molar-refractivity contribution is 6.33. The van der Waals surface area contributed by atoms with E-state index in [-0.39, 0.29) is 24.7 Å². The van der Waals surface area contributed by atoms with Crippen LogP contribution >= 0.6 is 11.6 Å². The van der Waals surface area contributed by atoms with Gasteiger partial charge in [-0.2, -0.15) is 0 Å². The predicted molar refractivity (Wildman–Crippen MR) is 71.3 cm³/mol. The zero-order valence-electron chi connectivity index (χ0n) is 11.0. The molecule has 5 nitrogen and oxygen atoms in total. The van der Waals surface area contributed by atoms with Gasteiger partial charge in [0.05, 0.1) is 35.9 Å². The summed E-state index contributed by atoms with van der Waals surface area (Å²) in [5.74, 6) is -0.174. The zero-order chi connectivity index (χ0) is 14.0. The van der Waals surface area contributed by atoms with Crippen LogP contribution in [0.2, 0.25) is 5.02 Å². The molecular weight excluding hydrogens is 268 g/mol. The summed E-state index contributed by atoms with van der Waals surface area (Å²) >= 11 is 6.09. The minimum absolute atomic E-state index is 0.0485. The lowest BCUT2D eigenvalue weighted by molar-refractivity contribution is -0.0667. The second-order valence-corrected chi connectivity index (χ2v) is 5.16. The highest BCUT2D eigenvalue weighted by Crippen LogP contribution is 2.21. The van der Waals surface area contributed by atoms with Crippen LogP contribution in [0.4, 0.5) is 0 Å². The predicted octanol–water partition coefficient (Wildman–Crippen LogP) is 1.27. The summed E-state index contributed by atoms with van der Waals surface area (Å²) in [6, 6.07) is 1.62. The molecule has 1 amide bonds. The van der Waals surface area contributed by atoms with Gasteiger partial charge in [0.15, 0.2) is 0 Å². The number of morpholine rings is 1. The second kappa shape index (κ2) is 5.86. The van der Waals surface area contributed by atoms with E-state index in [0.717, 1.165) is 5.69 Å². The van der Waals surface area contributed by atoms with Gasteiger partial charge in [0.2, 0.25) is 0 Å². The highest BCUT2D eigenvalue weighted by Gasteiger charge is 2.30. The molecule has 1 aromatic heterocycles. The fourth-order valence-electron chi connectivity index (χ4n) is 2.05. The van der Waals surface area contributed by atoms with Crippen molar-refractivity contribution in [3.05, 3.63) is 28.5 Å². The molecular formula is C13H17ClN2O3. The van der Waals surface area contributed by atoms with E-state index in [2.05, 4.69) is 4.98 Å². The van der Waals surface area contributed by atoms with Crippen molar-refractivity contribution in [2.45, 2.75) is 26.0 Å². The number of hydrogen-bond acceptors (Lipinski definition) is 4. The lowest BCUT2D eigenvalue weighted by atomic mass is 10.1. The van der Waals surface area contributed by atoms with E-state index >= 15 is 0 Å². The van der Waals surface area contributed by atoms with Gasteiger partial charge in [-0.15, -0.1) is 0 Å². The van der Waals surface area contributed by atoms with Crippen LogP contribution in [0, 0.1) is 6.92 Å². The van der Waals surface area contributed by atoms with Crippen molar-refractivity contribution in [3.63, 3.8) is 0 Å². The molecule has 1 aromatic rings. The molecule has 6 heteroatoms. The number of nitrogens with zero attached hydrogens (tertiary/aromatic N) is 2. The summed E-state index contributed by atoms with van der Waals surface area (Å²) in [4.78, 5) is 18.2. The number of amides is 1. The Labute approximate surface area is 117 Å². The number of aliphatic hydroxyl groups excluding tert-OH is 1. The van der Waals surface area contributed by atoms with Crippen molar-refractivity contribution in [1.82, 2.24) is 9.88 Å². The number of carbonyl (C=O) groups excluding carboxylic acids is 1. The van der Waals surface area contributed by atoms with Gasteiger partial charge in [-0.1, -0.05) is 11.6 Å². The van der Waals surface area contributed by atoms with Gasteiger partial charge in [-0.05, 0) is 19.9 Å². The molecule has 2 heterocycles. The normalized spacial score (nSPS) is 23.5. The van der Waals surface area contributed by atoms with E-state index in [1.165, 1.54) is 6.20 Å². The van der Waals surface area contributed by atoms with E-state index in [0.29, 0.717) is 23.7 Å². The van der Waals surface area contributed by atoms with E-state index in [9.17, 15) is 4.79 Å². The molecule has 1 saturated heterocycles. The summed E-state index contributed by atoms with van der Waals surface area (Å²) in [6.45, 7) is 4.39. The van der Waals surface area contributed by atoms with E-state index in [1.807, 2.05) is 13.8 Å². The van der Waals surface area contributed by atoms with Crippen LogP contribution in [0.5, 0.6) is 0 Å². The molecule has 2 unspecified atom stereocenters. The monoisotopic (exact) mass is 284 g/mol. The molecule has 0 saturated carbocycles. The average molecular weight is 285 g/mol. The Bertz CT molecular complexity index is 481. The van der Waals surface area contributed by atoms with Crippen LogP contribution in [0.15, 0.2) is 12.3 Å². The van der Waals surface area contributed by atoms with E-state index < -0.39 is 0 Å². The molecule has 2 rings (SSSR count). The molecule has 0 radical (unpaired) electrons. The van der Waals surface area contributed by atoms with Crippen molar-refractivity contribution >= 4 is 17.5 Å². The van der Waals surface area contributed by atoms with Crippen LogP contribution in [-0.4, -0.2) is 52.8 Å². The Hall–Kier alpha value is -1.17. The third-order valence-corrected chi connectivity index (χ3v) is 3.50. The van der Waals surface area contributed by atoms with Crippen molar-refractivity contribution in [1.29, 1.82) is 0 Å². The third-order valence-electron chi connectivity index (χ3n) is 3.19. The first-order valence-corrected chi connectivity index (χ1v) is 6.56. The highest BCUT2D eigenvalue weighted by atomic mass is 35.5. The lowest BCUT2D eigenvalue weighted by Gasteiger charge is -2.37. The van der Waals surface area contributed by atoms with Crippen molar-refractivity contribution in [3.8, 4) is 0 Å². The van der Waals surface area contributed by atoms with Crippen LogP contribution in [-0.2, 0) is 4.74 Å². The third kappa shape index (κ3) is 3.05. The van der Waals surface area contributed by atoms with Gasteiger partial charge in [-0.25, -0.2) is 0 Å². The van der Waals surface area contributed by atoms with Gasteiger partial charge in [0.25, 0.3) is 5.91 Å². The number of aromatic nitrogens is 1. The van der Waals surface area contributed by atoms with E-state index in [4.69, 9.17) is 21.4 Å². The Kier molecular flexibility index (Phi) is 4.39. The average Bonchev–Trinajstić information content (AvgIpc) is 2.38. The number of halogens is 1. The van der Waals surface area contributed by atoms with Gasteiger partial charge < -0.3 is 14.7 Å². The summed E-state index contributed by atoms with van der Waals surface area (Å²) < 4.78 is 5.41. The Morgan fingerprint density at radius 3 is 3.05 bits per heavy atom. The Morgan fingerprint density at radius 2 is 2.42 bits per heavy atom. The van der Waals surface area contributed by atoms with Gasteiger partial charge in [-0.3, -0.25) is 9.78 Å². The quantitative estimate of drug-likeness (QED) is 0.888. The molecule has 0 spiro atoms. The van der Waals surface area contributed by atoms with Crippen LogP contribution in [0.3, 0.4) is 0 Å². The maximum Gasteiger partial charge on any atom is 0.257 e. The van der Waals surface area contributed by atoms with Crippen LogP contribution in [0.1, 0.15) is 23.0 Å². The molecule has 1 N–H and O–H groups in total. The van der Waals surface area contributed by atoms with Gasteiger partial charge in [0.1, 0.15) is 0 Å². The number of hydrogen-bond donors (Lipinski definition) is 1. The molecule has 0 aromatic carbocycles. The fraction of sp³-hybridized carbons (Fsp3) is 0.538. The van der Waals surface area contributed by atoms with Crippen LogP contribution in [0.25, 0.3) is 0 Å². The topological polar surface area (TPSA) is 62.7 Å². The van der Waals surface area contributed by atoms with Crippen LogP contribution < -0.4 is 0 Å². The number of rotatable bonds is 2. The van der Waals surface area contributed by atoms with Gasteiger partial charge in [0, 0.05) is 18.4 Å². The number of aryl methyl sites for hydroxylation is 1. The molecule has 0 bridgehead atoms. The van der Waals surface area contributed by atoms with Crippen molar-refractivity contribution in [2.75, 3.05) is 19.8 Å². The summed E-state index contributed by atoms with van der Waals surface area (Å²) in [5, 5.41) is 9.54. The Balaban J connectivity index is 2.22. The zero-order valence-corrected chi connectivity index (χ0v) is 11.7. The molecule has 2 atom stereocenters. The fourth-order valence-corrected chi connectivity index (χ4v) is 2.34. The lowest BCUT2D eigenvalue weighted by Crippen LogP contribution is -2.52.